The zero-order valence-corrected chi connectivity index (χ0v) is 16.0. The Morgan fingerprint density at radius 3 is 2.25 bits per heavy atom. The molecule has 28 heavy (non-hydrogen) atoms. The van der Waals surface area contributed by atoms with Crippen LogP contribution in [0.2, 0.25) is 0 Å². The third kappa shape index (κ3) is 5.39. The predicted octanol–water partition coefficient (Wildman–Crippen LogP) is 5.14. The summed E-state index contributed by atoms with van der Waals surface area (Å²) in [5, 5.41) is 0. The third-order valence-electron chi connectivity index (χ3n) is 3.82. The molecular formula is C20H15BrF3NO3. The lowest BCUT2D eigenvalue weighted by Crippen LogP contribution is -2.21. The largest absolute Gasteiger partial charge is 0.573 e. The van der Waals surface area contributed by atoms with E-state index >= 15 is 0 Å². The van der Waals surface area contributed by atoms with E-state index < -0.39 is 6.36 Å². The van der Waals surface area contributed by atoms with Crippen molar-refractivity contribution < 1.29 is 22.6 Å². The van der Waals surface area contributed by atoms with Gasteiger partial charge in [-0.25, -0.2) is 0 Å². The fourth-order valence-electron chi connectivity index (χ4n) is 2.49. The molecule has 3 aromatic rings. The second-order valence-corrected chi connectivity index (χ2v) is 6.69. The summed E-state index contributed by atoms with van der Waals surface area (Å²) in [6, 6.07) is 16.6. The van der Waals surface area contributed by atoms with Gasteiger partial charge in [0.1, 0.15) is 22.6 Å². The molecule has 1 heterocycles. The molecule has 3 rings (SSSR count). The number of ether oxygens (including phenoxy) is 2. The molecule has 0 saturated heterocycles. The zero-order chi connectivity index (χ0) is 20.1. The monoisotopic (exact) mass is 453 g/mol. The van der Waals surface area contributed by atoms with E-state index in [1.165, 1.54) is 28.8 Å². The molecule has 4 nitrogen and oxygen atoms in total. The van der Waals surface area contributed by atoms with E-state index in [1.807, 2.05) is 30.3 Å². The van der Waals surface area contributed by atoms with Gasteiger partial charge in [-0.3, -0.25) is 4.79 Å². The van der Waals surface area contributed by atoms with Crippen LogP contribution in [0, 0.1) is 0 Å². The van der Waals surface area contributed by atoms with Gasteiger partial charge in [0, 0.05) is 6.20 Å². The van der Waals surface area contributed by atoms with E-state index in [0.29, 0.717) is 17.9 Å². The van der Waals surface area contributed by atoms with E-state index in [0.717, 1.165) is 5.56 Å². The molecule has 0 saturated carbocycles. The molecule has 146 valence electrons. The van der Waals surface area contributed by atoms with Crippen molar-refractivity contribution in [1.82, 2.24) is 4.57 Å². The summed E-state index contributed by atoms with van der Waals surface area (Å²) in [7, 11) is 0. The molecule has 0 radical (unpaired) electrons. The summed E-state index contributed by atoms with van der Waals surface area (Å²) >= 11 is 3.26. The second-order valence-electron chi connectivity index (χ2n) is 5.89. The summed E-state index contributed by atoms with van der Waals surface area (Å²) in [6.07, 6.45) is -3.16. The number of hydrogen-bond acceptors (Lipinski definition) is 3. The number of nitrogens with zero attached hydrogens (tertiary/aromatic N) is 1. The van der Waals surface area contributed by atoms with E-state index in [2.05, 4.69) is 20.7 Å². The van der Waals surface area contributed by atoms with Gasteiger partial charge < -0.3 is 14.0 Å². The summed E-state index contributed by atoms with van der Waals surface area (Å²) in [6.45, 7) is 0.520. The Bertz CT molecular complexity index is 986. The maximum absolute atomic E-state index is 12.5. The number of hydrogen-bond donors (Lipinski definition) is 0. The van der Waals surface area contributed by atoms with Gasteiger partial charge in [-0.1, -0.05) is 42.5 Å². The van der Waals surface area contributed by atoms with E-state index in [9.17, 15) is 18.0 Å². The Labute approximate surface area is 167 Å². The van der Waals surface area contributed by atoms with E-state index in [4.69, 9.17) is 4.74 Å². The molecular weight excluding hydrogens is 439 g/mol. The van der Waals surface area contributed by atoms with Crippen molar-refractivity contribution >= 4 is 15.9 Å². The van der Waals surface area contributed by atoms with Crippen molar-refractivity contribution in [2.45, 2.75) is 19.5 Å². The maximum atomic E-state index is 12.5. The molecule has 0 amide bonds. The molecule has 0 aliphatic carbocycles. The second kappa shape index (κ2) is 8.52. The van der Waals surface area contributed by atoms with Gasteiger partial charge >= 0.3 is 6.36 Å². The van der Waals surface area contributed by atoms with Crippen molar-refractivity contribution in [1.29, 1.82) is 0 Å². The van der Waals surface area contributed by atoms with Gasteiger partial charge in [-0.05, 0) is 45.3 Å². The molecule has 1 aromatic heterocycles. The third-order valence-corrected chi connectivity index (χ3v) is 4.55. The van der Waals surface area contributed by atoms with Crippen LogP contribution in [-0.4, -0.2) is 10.9 Å². The van der Waals surface area contributed by atoms with Crippen molar-refractivity contribution in [3.63, 3.8) is 0 Å². The molecule has 0 spiro atoms. The highest BCUT2D eigenvalue weighted by Crippen LogP contribution is 2.24. The highest BCUT2D eigenvalue weighted by Gasteiger charge is 2.30. The van der Waals surface area contributed by atoms with Crippen LogP contribution in [-0.2, 0) is 13.2 Å². The Morgan fingerprint density at radius 1 is 0.929 bits per heavy atom. The van der Waals surface area contributed by atoms with Crippen molar-refractivity contribution in [3.8, 4) is 11.5 Å². The summed E-state index contributed by atoms with van der Waals surface area (Å²) < 4.78 is 47.9. The first-order chi connectivity index (χ1) is 13.3. The average Bonchev–Trinajstić information content (AvgIpc) is 2.66. The van der Waals surface area contributed by atoms with Gasteiger partial charge in [0.05, 0.1) is 6.54 Å². The Kier molecular flexibility index (Phi) is 6.08. The smallest absolute Gasteiger partial charge is 0.487 e. The lowest BCUT2D eigenvalue weighted by atomic mass is 10.2. The maximum Gasteiger partial charge on any atom is 0.573 e. The number of pyridine rings is 1. The quantitative estimate of drug-likeness (QED) is 0.518. The molecule has 0 atom stereocenters. The van der Waals surface area contributed by atoms with Crippen LogP contribution < -0.4 is 15.0 Å². The minimum atomic E-state index is -4.74. The fraction of sp³-hybridized carbons (Fsp3) is 0.150. The SMILES string of the molecule is O=c1c(Br)c(OCc2ccccc2)ccn1Cc1ccc(OC(F)(F)F)cc1. The number of rotatable bonds is 6. The number of alkyl halides is 3. The van der Waals surface area contributed by atoms with Gasteiger partial charge in [0.25, 0.3) is 5.56 Å². The molecule has 2 aromatic carbocycles. The Hall–Kier alpha value is -2.74. The lowest BCUT2D eigenvalue weighted by molar-refractivity contribution is -0.274. The van der Waals surface area contributed by atoms with Gasteiger partial charge in [0.15, 0.2) is 0 Å². The van der Waals surface area contributed by atoms with Crippen LogP contribution in [0.15, 0.2) is 76.1 Å². The molecule has 0 N–H and O–H groups in total. The highest BCUT2D eigenvalue weighted by molar-refractivity contribution is 9.10. The minimum Gasteiger partial charge on any atom is -0.487 e. The molecule has 0 unspecified atom stereocenters. The normalized spacial score (nSPS) is 11.3. The first-order valence-electron chi connectivity index (χ1n) is 8.22. The zero-order valence-electron chi connectivity index (χ0n) is 14.4. The van der Waals surface area contributed by atoms with Gasteiger partial charge in [0.2, 0.25) is 0 Å². The van der Waals surface area contributed by atoms with Crippen LogP contribution in [0.3, 0.4) is 0 Å². The topological polar surface area (TPSA) is 40.5 Å². The number of aromatic nitrogens is 1. The molecule has 0 aliphatic rings. The number of halogens is 4. The first kappa shape index (κ1) is 20.0. The van der Waals surface area contributed by atoms with Crippen molar-refractivity contribution in [2.75, 3.05) is 0 Å². The predicted molar refractivity (Wildman–Crippen MR) is 101 cm³/mol. The van der Waals surface area contributed by atoms with Crippen LogP contribution >= 0.6 is 15.9 Å². The van der Waals surface area contributed by atoms with Crippen LogP contribution in [0.1, 0.15) is 11.1 Å². The van der Waals surface area contributed by atoms with E-state index in [1.54, 1.807) is 12.3 Å². The first-order valence-corrected chi connectivity index (χ1v) is 9.01. The van der Waals surface area contributed by atoms with Crippen LogP contribution in [0.4, 0.5) is 13.2 Å². The molecule has 0 aliphatic heterocycles. The van der Waals surface area contributed by atoms with Gasteiger partial charge in [-0.15, -0.1) is 13.2 Å². The molecule has 8 heteroatoms. The molecule has 0 fully saturated rings. The minimum absolute atomic E-state index is 0.197. The summed E-state index contributed by atoms with van der Waals surface area (Å²) in [4.78, 5) is 12.5. The highest BCUT2D eigenvalue weighted by atomic mass is 79.9. The van der Waals surface area contributed by atoms with Crippen molar-refractivity contribution in [3.05, 3.63) is 92.8 Å². The van der Waals surface area contributed by atoms with Crippen molar-refractivity contribution in [2.24, 2.45) is 0 Å². The summed E-state index contributed by atoms with van der Waals surface area (Å²) in [5.41, 5.74) is 1.32. The Morgan fingerprint density at radius 2 is 1.61 bits per heavy atom. The molecule has 0 bridgehead atoms. The van der Waals surface area contributed by atoms with Gasteiger partial charge in [-0.2, -0.15) is 0 Å². The lowest BCUT2D eigenvalue weighted by Gasteiger charge is -2.12. The Balaban J connectivity index is 1.69. The number of benzene rings is 2. The van der Waals surface area contributed by atoms with E-state index in [-0.39, 0.29) is 22.3 Å². The summed E-state index contributed by atoms with van der Waals surface area (Å²) in [5.74, 6) is 0.105. The van der Waals surface area contributed by atoms with Crippen LogP contribution in [0.25, 0.3) is 0 Å². The standard InChI is InChI=1S/C20H15BrF3NO3/c21-18-17(27-13-15-4-2-1-3-5-15)10-11-25(19(18)26)12-14-6-8-16(9-7-14)28-20(22,23)24/h1-11H,12-13H2. The fourth-order valence-corrected chi connectivity index (χ4v) is 2.97. The average molecular weight is 454 g/mol. The van der Waals surface area contributed by atoms with Crippen LogP contribution in [0.5, 0.6) is 11.5 Å².